The van der Waals surface area contributed by atoms with Crippen LogP contribution in [0.1, 0.15) is 25.2 Å². The van der Waals surface area contributed by atoms with E-state index in [-0.39, 0.29) is 5.63 Å². The van der Waals surface area contributed by atoms with Gasteiger partial charge >= 0.3 is 5.63 Å². The molecular formula is C24H26N4O2. The molecule has 5 rings (SSSR count). The molecule has 2 atom stereocenters. The maximum atomic E-state index is 12.8. The maximum Gasteiger partial charge on any atom is 0.344 e. The zero-order valence-corrected chi connectivity index (χ0v) is 17.8. The van der Waals surface area contributed by atoms with Gasteiger partial charge in [0.1, 0.15) is 5.58 Å². The molecule has 1 N–H and O–H groups in total. The van der Waals surface area contributed by atoms with E-state index in [1.165, 1.54) is 0 Å². The van der Waals surface area contributed by atoms with E-state index in [0.29, 0.717) is 23.2 Å². The molecule has 3 aromatic heterocycles. The fourth-order valence-electron chi connectivity index (χ4n) is 4.61. The number of aromatic nitrogens is 2. The van der Waals surface area contributed by atoms with E-state index in [9.17, 15) is 4.79 Å². The Hall–Kier alpha value is -3.12. The average molecular weight is 402 g/mol. The first-order chi connectivity index (χ1) is 14.4. The van der Waals surface area contributed by atoms with E-state index in [4.69, 9.17) is 4.42 Å². The van der Waals surface area contributed by atoms with Crippen molar-refractivity contribution in [1.29, 1.82) is 0 Å². The lowest BCUT2D eigenvalue weighted by molar-refractivity contribution is 0.407. The van der Waals surface area contributed by atoms with Crippen molar-refractivity contribution in [3.05, 3.63) is 64.5 Å². The van der Waals surface area contributed by atoms with Crippen LogP contribution in [0.25, 0.3) is 27.6 Å². The number of nitrogens with one attached hydrogen (secondary N) is 1. The highest BCUT2D eigenvalue weighted by atomic mass is 16.4. The van der Waals surface area contributed by atoms with Crippen molar-refractivity contribution in [2.45, 2.75) is 39.8 Å². The Labute approximate surface area is 175 Å². The Morgan fingerprint density at radius 3 is 2.60 bits per heavy atom. The molecule has 0 aliphatic carbocycles. The Morgan fingerprint density at radius 2 is 1.83 bits per heavy atom. The van der Waals surface area contributed by atoms with Gasteiger partial charge in [-0.15, -0.1) is 0 Å². The van der Waals surface area contributed by atoms with Gasteiger partial charge in [-0.05, 0) is 52.0 Å². The lowest BCUT2D eigenvalue weighted by Crippen LogP contribution is -2.54. The summed E-state index contributed by atoms with van der Waals surface area (Å²) >= 11 is 0. The lowest BCUT2D eigenvalue weighted by Gasteiger charge is -2.37. The normalized spacial score (nSPS) is 19.7. The zero-order chi connectivity index (χ0) is 21.0. The van der Waals surface area contributed by atoms with Gasteiger partial charge in [0.05, 0.1) is 22.5 Å². The van der Waals surface area contributed by atoms with Crippen LogP contribution >= 0.6 is 0 Å². The van der Waals surface area contributed by atoms with Crippen LogP contribution in [-0.2, 0) is 0 Å². The molecule has 0 amide bonds. The van der Waals surface area contributed by atoms with Crippen molar-refractivity contribution >= 4 is 22.2 Å². The lowest BCUT2D eigenvalue weighted by atomic mass is 10.1. The van der Waals surface area contributed by atoms with Crippen LogP contribution in [0.5, 0.6) is 0 Å². The summed E-state index contributed by atoms with van der Waals surface area (Å²) in [5.74, 6) is 0. The second-order valence-electron chi connectivity index (χ2n) is 8.53. The van der Waals surface area contributed by atoms with Crippen molar-refractivity contribution in [2.75, 3.05) is 18.0 Å². The summed E-state index contributed by atoms with van der Waals surface area (Å²) in [6.07, 6.45) is 3.93. The molecule has 4 heterocycles. The summed E-state index contributed by atoms with van der Waals surface area (Å²) in [5, 5.41) is 4.47. The zero-order valence-electron chi connectivity index (χ0n) is 17.8. The maximum absolute atomic E-state index is 12.8. The Morgan fingerprint density at radius 1 is 1.07 bits per heavy atom. The molecule has 4 aromatic rings. The molecule has 0 radical (unpaired) electrons. The van der Waals surface area contributed by atoms with Crippen LogP contribution in [0.4, 0.5) is 5.69 Å². The number of rotatable bonds is 2. The third-order valence-electron chi connectivity index (χ3n) is 5.84. The molecule has 1 aliphatic rings. The highest BCUT2D eigenvalue weighted by Crippen LogP contribution is 2.28. The first kappa shape index (κ1) is 18.9. The minimum Gasteiger partial charge on any atom is -0.422 e. The Bertz CT molecular complexity index is 1310. The molecule has 1 aliphatic heterocycles. The van der Waals surface area contributed by atoms with E-state index in [1.807, 2.05) is 54.9 Å². The largest absolute Gasteiger partial charge is 0.422 e. The number of nitrogens with zero attached hydrogens (tertiary/aromatic N) is 3. The second kappa shape index (κ2) is 6.99. The summed E-state index contributed by atoms with van der Waals surface area (Å²) in [7, 11) is 0. The van der Waals surface area contributed by atoms with Gasteiger partial charge in [-0.2, -0.15) is 0 Å². The van der Waals surface area contributed by atoms with Crippen molar-refractivity contribution in [3.8, 4) is 11.1 Å². The Kier molecular flexibility index (Phi) is 4.40. The molecule has 154 valence electrons. The summed E-state index contributed by atoms with van der Waals surface area (Å²) < 4.78 is 7.78. The number of aryl methyl sites for hydroxylation is 2. The quantitative estimate of drug-likeness (QED) is 0.515. The predicted octanol–water partition coefficient (Wildman–Crippen LogP) is 3.91. The molecule has 1 fully saturated rings. The van der Waals surface area contributed by atoms with Crippen LogP contribution in [0.3, 0.4) is 0 Å². The van der Waals surface area contributed by atoms with Gasteiger partial charge in [0.25, 0.3) is 0 Å². The highest BCUT2D eigenvalue weighted by molar-refractivity contribution is 5.85. The summed E-state index contributed by atoms with van der Waals surface area (Å²) in [4.78, 5) is 19.7. The van der Waals surface area contributed by atoms with E-state index in [1.54, 1.807) is 0 Å². The van der Waals surface area contributed by atoms with E-state index >= 15 is 0 Å². The van der Waals surface area contributed by atoms with Crippen LogP contribution in [0, 0.1) is 13.8 Å². The van der Waals surface area contributed by atoms with Crippen molar-refractivity contribution in [3.63, 3.8) is 0 Å². The van der Waals surface area contributed by atoms with Crippen LogP contribution < -0.4 is 15.8 Å². The molecular weight excluding hydrogens is 376 g/mol. The van der Waals surface area contributed by atoms with Crippen LogP contribution in [0.15, 0.2) is 51.9 Å². The Balaban J connectivity index is 1.56. The third kappa shape index (κ3) is 3.27. The topological polar surface area (TPSA) is 62.8 Å². The smallest absolute Gasteiger partial charge is 0.344 e. The van der Waals surface area contributed by atoms with Gasteiger partial charge < -0.3 is 19.0 Å². The van der Waals surface area contributed by atoms with Crippen molar-refractivity contribution in [1.82, 2.24) is 14.7 Å². The summed E-state index contributed by atoms with van der Waals surface area (Å²) in [6.45, 7) is 10.2. The molecule has 6 heteroatoms. The van der Waals surface area contributed by atoms with Crippen molar-refractivity contribution in [2.24, 2.45) is 0 Å². The standard InChI is InChI=1S/C24H26N4O2/c1-14-10-27(11-15(2)25-14)20-6-5-18-7-21(24(29)30-23(18)9-20)19-8-22-17(4)26-16(3)12-28(22)13-19/h5-9,12-15,25H,10-11H2,1-4H3. The fourth-order valence-corrected chi connectivity index (χ4v) is 4.61. The average Bonchev–Trinajstić information content (AvgIpc) is 3.10. The fraction of sp³-hybridized carbons (Fsp3) is 0.333. The first-order valence-corrected chi connectivity index (χ1v) is 10.4. The number of hydrogen-bond acceptors (Lipinski definition) is 5. The molecule has 0 spiro atoms. The molecule has 6 nitrogen and oxygen atoms in total. The molecule has 2 unspecified atom stereocenters. The number of fused-ring (bicyclic) bond motifs is 2. The SMILES string of the molecule is Cc1cn2cc(-c3cc4ccc(N5CC(C)NC(C)C5)cc4oc3=O)cc2c(C)n1. The van der Waals surface area contributed by atoms with E-state index < -0.39 is 0 Å². The molecule has 0 saturated carbocycles. The number of piperazine rings is 1. The van der Waals surface area contributed by atoms with Crippen LogP contribution in [0.2, 0.25) is 0 Å². The second-order valence-corrected chi connectivity index (χ2v) is 8.53. The van der Waals surface area contributed by atoms with E-state index in [0.717, 1.165) is 46.6 Å². The summed E-state index contributed by atoms with van der Waals surface area (Å²) in [5.41, 5.74) is 5.68. The van der Waals surface area contributed by atoms with Gasteiger partial charge in [0, 0.05) is 60.3 Å². The molecule has 0 bridgehead atoms. The van der Waals surface area contributed by atoms with E-state index in [2.05, 4.69) is 35.1 Å². The first-order valence-electron chi connectivity index (χ1n) is 10.4. The minimum atomic E-state index is -0.320. The van der Waals surface area contributed by atoms with Gasteiger partial charge in [-0.25, -0.2) is 4.79 Å². The van der Waals surface area contributed by atoms with Gasteiger partial charge in [-0.3, -0.25) is 4.98 Å². The molecule has 30 heavy (non-hydrogen) atoms. The highest BCUT2D eigenvalue weighted by Gasteiger charge is 2.21. The number of anilines is 1. The van der Waals surface area contributed by atoms with Gasteiger partial charge in [0.2, 0.25) is 0 Å². The number of benzene rings is 1. The summed E-state index contributed by atoms with van der Waals surface area (Å²) in [6, 6.07) is 10.9. The third-order valence-corrected chi connectivity index (χ3v) is 5.84. The number of hydrogen-bond donors (Lipinski definition) is 1. The predicted molar refractivity (Wildman–Crippen MR) is 120 cm³/mol. The van der Waals surface area contributed by atoms with Gasteiger partial charge in [-0.1, -0.05) is 0 Å². The monoisotopic (exact) mass is 402 g/mol. The van der Waals surface area contributed by atoms with Crippen LogP contribution in [-0.4, -0.2) is 34.6 Å². The minimum absolute atomic E-state index is 0.320. The van der Waals surface area contributed by atoms with Crippen molar-refractivity contribution < 1.29 is 4.42 Å². The molecule has 1 aromatic carbocycles. The molecule has 1 saturated heterocycles. The van der Waals surface area contributed by atoms with Gasteiger partial charge in [0.15, 0.2) is 0 Å².